The molecule has 1 N–H and O–H groups in total. The van der Waals surface area contributed by atoms with Gasteiger partial charge in [-0.3, -0.25) is 0 Å². The summed E-state index contributed by atoms with van der Waals surface area (Å²) in [5.41, 5.74) is 0.503. The largest absolute Gasteiger partial charge is 0.494 e. The van der Waals surface area contributed by atoms with Gasteiger partial charge in [0.25, 0.3) is 0 Å². The molecule has 0 saturated heterocycles. The van der Waals surface area contributed by atoms with Crippen molar-refractivity contribution in [3.8, 4) is 11.5 Å². The standard InChI is InChI=1S/C24H29BrO5/c1-2-3-4-5-6-7-8-9-16-29-20-13-10-18(11-14-20)24(28)30-22-15-12-19(23(26)27)17-21(22)25/h10-15,17H,2-9,16H2,1H3,(H,26,27). The molecule has 2 aromatic rings. The number of unbranched alkanes of at least 4 members (excludes halogenated alkanes) is 7. The van der Waals surface area contributed by atoms with E-state index in [2.05, 4.69) is 22.9 Å². The fraction of sp³-hybridized carbons (Fsp3) is 0.417. The van der Waals surface area contributed by atoms with Crippen molar-refractivity contribution in [3.05, 3.63) is 58.1 Å². The van der Waals surface area contributed by atoms with Crippen molar-refractivity contribution in [2.45, 2.75) is 58.3 Å². The van der Waals surface area contributed by atoms with Gasteiger partial charge in [-0.2, -0.15) is 0 Å². The van der Waals surface area contributed by atoms with Crippen molar-refractivity contribution in [3.63, 3.8) is 0 Å². The van der Waals surface area contributed by atoms with Gasteiger partial charge in [-0.05, 0) is 64.8 Å². The third-order valence-corrected chi connectivity index (χ3v) is 5.36. The van der Waals surface area contributed by atoms with Crippen molar-refractivity contribution in [1.82, 2.24) is 0 Å². The number of halogens is 1. The number of ether oxygens (including phenoxy) is 2. The van der Waals surface area contributed by atoms with Gasteiger partial charge in [0.1, 0.15) is 11.5 Å². The Labute approximate surface area is 186 Å². The van der Waals surface area contributed by atoms with E-state index in [-0.39, 0.29) is 11.3 Å². The second-order valence-corrected chi connectivity index (χ2v) is 8.04. The summed E-state index contributed by atoms with van der Waals surface area (Å²) in [7, 11) is 0. The quantitative estimate of drug-likeness (QED) is 0.193. The molecule has 0 atom stereocenters. The summed E-state index contributed by atoms with van der Waals surface area (Å²) >= 11 is 3.23. The smallest absolute Gasteiger partial charge is 0.343 e. The summed E-state index contributed by atoms with van der Waals surface area (Å²) < 4.78 is 11.5. The Kier molecular flexibility index (Phi) is 10.4. The van der Waals surface area contributed by atoms with Gasteiger partial charge in [0.05, 0.1) is 22.2 Å². The highest BCUT2D eigenvalue weighted by molar-refractivity contribution is 9.10. The Balaban J connectivity index is 1.73. The van der Waals surface area contributed by atoms with Gasteiger partial charge < -0.3 is 14.6 Å². The molecule has 0 bridgehead atoms. The van der Waals surface area contributed by atoms with Crippen molar-refractivity contribution in [1.29, 1.82) is 0 Å². The molecule has 0 unspecified atom stereocenters. The monoisotopic (exact) mass is 476 g/mol. The summed E-state index contributed by atoms with van der Waals surface area (Å²) in [6.07, 6.45) is 10.0. The molecule has 0 aliphatic carbocycles. The molecule has 6 heteroatoms. The first-order valence-corrected chi connectivity index (χ1v) is 11.3. The third kappa shape index (κ3) is 8.19. The van der Waals surface area contributed by atoms with Gasteiger partial charge in [-0.1, -0.05) is 51.9 Å². The summed E-state index contributed by atoms with van der Waals surface area (Å²) in [5.74, 6) is -0.578. The van der Waals surface area contributed by atoms with Gasteiger partial charge in [0, 0.05) is 0 Å². The van der Waals surface area contributed by atoms with Gasteiger partial charge >= 0.3 is 11.9 Å². The average Bonchev–Trinajstić information content (AvgIpc) is 2.74. The molecule has 5 nitrogen and oxygen atoms in total. The average molecular weight is 477 g/mol. The zero-order valence-corrected chi connectivity index (χ0v) is 18.9. The van der Waals surface area contributed by atoms with Crippen molar-refractivity contribution >= 4 is 27.9 Å². The molecule has 0 aromatic heterocycles. The molecule has 2 aromatic carbocycles. The summed E-state index contributed by atoms with van der Waals surface area (Å²) in [5, 5.41) is 8.99. The van der Waals surface area contributed by atoms with Crippen LogP contribution in [0.5, 0.6) is 11.5 Å². The number of carboxylic acid groups (broad SMARTS) is 1. The fourth-order valence-electron chi connectivity index (χ4n) is 2.99. The van der Waals surface area contributed by atoms with E-state index < -0.39 is 11.9 Å². The maximum atomic E-state index is 12.3. The predicted octanol–water partition coefficient (Wildman–Crippen LogP) is 6.89. The maximum Gasteiger partial charge on any atom is 0.343 e. The second-order valence-electron chi connectivity index (χ2n) is 7.19. The third-order valence-electron chi connectivity index (χ3n) is 4.74. The zero-order valence-electron chi connectivity index (χ0n) is 17.4. The summed E-state index contributed by atoms with van der Waals surface area (Å²) in [4.78, 5) is 23.3. The first-order chi connectivity index (χ1) is 14.5. The summed E-state index contributed by atoms with van der Waals surface area (Å²) in [6, 6.07) is 11.1. The molecule has 0 spiro atoms. The molecule has 0 aliphatic rings. The predicted molar refractivity (Wildman–Crippen MR) is 121 cm³/mol. The number of rotatable bonds is 13. The molecule has 0 fully saturated rings. The van der Waals surface area contributed by atoms with Crippen LogP contribution < -0.4 is 9.47 Å². The number of carbonyl (C=O) groups is 2. The second kappa shape index (κ2) is 13.1. The normalized spacial score (nSPS) is 10.6. The Morgan fingerprint density at radius 2 is 1.47 bits per heavy atom. The van der Waals surface area contributed by atoms with Crippen LogP contribution in [0.25, 0.3) is 0 Å². The molecule has 2 rings (SSSR count). The van der Waals surface area contributed by atoms with Gasteiger partial charge in [0.2, 0.25) is 0 Å². The lowest BCUT2D eigenvalue weighted by molar-refractivity contribution is 0.0696. The fourth-order valence-corrected chi connectivity index (χ4v) is 3.45. The first kappa shape index (κ1) is 23.9. The lowest BCUT2D eigenvalue weighted by Crippen LogP contribution is -2.09. The van der Waals surface area contributed by atoms with E-state index in [0.29, 0.717) is 16.6 Å². The van der Waals surface area contributed by atoms with E-state index in [9.17, 15) is 9.59 Å². The molecule has 0 saturated carbocycles. The van der Waals surface area contributed by atoms with Crippen molar-refractivity contribution in [2.75, 3.05) is 6.61 Å². The highest BCUT2D eigenvalue weighted by Gasteiger charge is 2.13. The van der Waals surface area contributed by atoms with Crippen LogP contribution in [0.1, 0.15) is 79.0 Å². The Morgan fingerprint density at radius 3 is 2.07 bits per heavy atom. The molecule has 0 amide bonds. The number of benzene rings is 2. The highest BCUT2D eigenvalue weighted by atomic mass is 79.9. The lowest BCUT2D eigenvalue weighted by atomic mass is 10.1. The Hall–Kier alpha value is -2.34. The molecule has 30 heavy (non-hydrogen) atoms. The van der Waals surface area contributed by atoms with Crippen LogP contribution in [0.2, 0.25) is 0 Å². The molecular formula is C24H29BrO5. The highest BCUT2D eigenvalue weighted by Crippen LogP contribution is 2.27. The maximum absolute atomic E-state index is 12.3. The number of hydrogen-bond donors (Lipinski definition) is 1. The molecule has 0 radical (unpaired) electrons. The van der Waals surface area contributed by atoms with E-state index in [1.807, 2.05) is 0 Å². The number of carbonyl (C=O) groups excluding carboxylic acids is 1. The Bertz CT molecular complexity index is 817. The molecule has 0 aliphatic heterocycles. The molecule has 0 heterocycles. The van der Waals surface area contributed by atoms with E-state index >= 15 is 0 Å². The van der Waals surface area contributed by atoms with Gasteiger partial charge in [-0.25, -0.2) is 9.59 Å². The van der Waals surface area contributed by atoms with Crippen LogP contribution in [-0.4, -0.2) is 23.7 Å². The zero-order chi connectivity index (χ0) is 21.8. The van der Waals surface area contributed by atoms with Crippen LogP contribution in [0, 0.1) is 0 Å². The summed E-state index contributed by atoms with van der Waals surface area (Å²) in [6.45, 7) is 2.90. The van der Waals surface area contributed by atoms with Crippen molar-refractivity contribution in [2.24, 2.45) is 0 Å². The van der Waals surface area contributed by atoms with E-state index in [1.165, 1.54) is 63.1 Å². The number of hydrogen-bond acceptors (Lipinski definition) is 4. The van der Waals surface area contributed by atoms with Crippen LogP contribution in [0.4, 0.5) is 0 Å². The minimum atomic E-state index is -1.05. The van der Waals surface area contributed by atoms with E-state index in [1.54, 1.807) is 24.3 Å². The van der Waals surface area contributed by atoms with Crippen LogP contribution in [-0.2, 0) is 0 Å². The molecular weight excluding hydrogens is 448 g/mol. The lowest BCUT2D eigenvalue weighted by Gasteiger charge is -2.09. The minimum absolute atomic E-state index is 0.111. The van der Waals surface area contributed by atoms with E-state index in [4.69, 9.17) is 14.6 Å². The van der Waals surface area contributed by atoms with Gasteiger partial charge in [0.15, 0.2) is 0 Å². The SMILES string of the molecule is CCCCCCCCCCOc1ccc(C(=O)Oc2ccc(C(=O)O)cc2Br)cc1. The van der Waals surface area contributed by atoms with Crippen molar-refractivity contribution < 1.29 is 24.2 Å². The Morgan fingerprint density at radius 1 is 0.867 bits per heavy atom. The van der Waals surface area contributed by atoms with Crippen LogP contribution in [0.3, 0.4) is 0 Å². The number of carboxylic acids is 1. The molecule has 162 valence electrons. The van der Waals surface area contributed by atoms with Gasteiger partial charge in [-0.15, -0.1) is 0 Å². The number of aromatic carboxylic acids is 1. The van der Waals surface area contributed by atoms with Crippen LogP contribution >= 0.6 is 15.9 Å². The first-order valence-electron chi connectivity index (χ1n) is 10.5. The van der Waals surface area contributed by atoms with Crippen LogP contribution in [0.15, 0.2) is 46.9 Å². The van der Waals surface area contributed by atoms with E-state index in [0.717, 1.165) is 12.2 Å². The minimum Gasteiger partial charge on any atom is -0.494 e. The topological polar surface area (TPSA) is 72.8 Å². The number of esters is 1.